The largest absolute Gasteiger partial charge is 0.396 e. The fraction of sp³-hybridized carbons (Fsp3) is 1.00. The highest BCUT2D eigenvalue weighted by Crippen LogP contribution is 2.18. The maximum absolute atomic E-state index is 8.92. The summed E-state index contributed by atoms with van der Waals surface area (Å²) in [7, 11) is 1.57. The van der Waals surface area contributed by atoms with Crippen LogP contribution in [0, 0.1) is 5.92 Å². The topological polar surface area (TPSA) is 49.7 Å². The monoisotopic (exact) mass is 162 g/mol. The maximum Gasteiger partial charge on any atom is 0.0883 e. The average Bonchev–Trinajstić information content (AvgIpc) is 2.04. The lowest BCUT2D eigenvalue weighted by molar-refractivity contribution is -0.0560. The van der Waals surface area contributed by atoms with E-state index >= 15 is 0 Å². The van der Waals surface area contributed by atoms with Crippen molar-refractivity contribution in [3.05, 3.63) is 0 Å². The number of methoxy groups -OCH3 is 1. The van der Waals surface area contributed by atoms with Crippen molar-refractivity contribution in [2.75, 3.05) is 20.3 Å². The van der Waals surface area contributed by atoms with Crippen LogP contribution in [0.15, 0.2) is 0 Å². The Morgan fingerprint density at radius 3 is 2.27 bits per heavy atom. The van der Waals surface area contributed by atoms with E-state index in [1.807, 2.05) is 13.8 Å². The van der Waals surface area contributed by atoms with Gasteiger partial charge < -0.3 is 14.9 Å². The minimum atomic E-state index is -0.498. The van der Waals surface area contributed by atoms with Gasteiger partial charge >= 0.3 is 0 Å². The van der Waals surface area contributed by atoms with E-state index < -0.39 is 5.60 Å². The van der Waals surface area contributed by atoms with Gasteiger partial charge in [-0.3, -0.25) is 0 Å². The molecule has 2 atom stereocenters. The molecule has 0 aromatic carbocycles. The number of hydrogen-bond acceptors (Lipinski definition) is 3. The SMILES string of the molecule is COC(C)(CO)CC(C)CO. The molecule has 0 heterocycles. The molecule has 2 N–H and O–H groups in total. The summed E-state index contributed by atoms with van der Waals surface area (Å²) in [6, 6.07) is 0. The molecular weight excluding hydrogens is 144 g/mol. The molecule has 0 aliphatic carbocycles. The minimum absolute atomic E-state index is 0.00611. The van der Waals surface area contributed by atoms with Gasteiger partial charge in [-0.25, -0.2) is 0 Å². The summed E-state index contributed by atoms with van der Waals surface area (Å²) < 4.78 is 5.10. The van der Waals surface area contributed by atoms with Gasteiger partial charge in [-0.2, -0.15) is 0 Å². The highest BCUT2D eigenvalue weighted by atomic mass is 16.5. The van der Waals surface area contributed by atoms with Gasteiger partial charge in [-0.05, 0) is 19.3 Å². The van der Waals surface area contributed by atoms with Crippen LogP contribution in [0.5, 0.6) is 0 Å². The van der Waals surface area contributed by atoms with Gasteiger partial charge in [-0.15, -0.1) is 0 Å². The first kappa shape index (κ1) is 10.9. The highest BCUT2D eigenvalue weighted by Gasteiger charge is 2.24. The Hall–Kier alpha value is -0.120. The zero-order chi connectivity index (χ0) is 8.91. The Balaban J connectivity index is 3.86. The Morgan fingerprint density at radius 1 is 1.45 bits per heavy atom. The highest BCUT2D eigenvalue weighted by molar-refractivity contribution is 4.75. The molecule has 0 amide bonds. The van der Waals surface area contributed by atoms with Crippen molar-refractivity contribution in [2.24, 2.45) is 5.92 Å². The fourth-order valence-electron chi connectivity index (χ4n) is 1.01. The molecule has 0 spiro atoms. The molecule has 0 saturated heterocycles. The van der Waals surface area contributed by atoms with Crippen molar-refractivity contribution in [1.29, 1.82) is 0 Å². The first-order chi connectivity index (χ1) is 5.08. The van der Waals surface area contributed by atoms with E-state index in [1.54, 1.807) is 7.11 Å². The third-order valence-electron chi connectivity index (χ3n) is 1.92. The number of aliphatic hydroxyl groups excluding tert-OH is 2. The molecule has 3 nitrogen and oxygen atoms in total. The van der Waals surface area contributed by atoms with Crippen LogP contribution < -0.4 is 0 Å². The molecule has 0 aliphatic rings. The molecule has 0 aromatic rings. The van der Waals surface area contributed by atoms with Gasteiger partial charge in [0.25, 0.3) is 0 Å². The molecule has 11 heavy (non-hydrogen) atoms. The van der Waals surface area contributed by atoms with Crippen LogP contribution in [0.1, 0.15) is 20.3 Å². The average molecular weight is 162 g/mol. The fourth-order valence-corrected chi connectivity index (χ4v) is 1.01. The summed E-state index contributed by atoms with van der Waals surface area (Å²) in [6.07, 6.45) is 0.677. The zero-order valence-electron chi connectivity index (χ0n) is 7.50. The standard InChI is InChI=1S/C8H18O3/c1-7(5-9)4-8(2,6-10)11-3/h7,9-10H,4-6H2,1-3H3. The van der Waals surface area contributed by atoms with Crippen molar-refractivity contribution in [1.82, 2.24) is 0 Å². The lowest BCUT2D eigenvalue weighted by Crippen LogP contribution is -2.34. The van der Waals surface area contributed by atoms with Crippen molar-refractivity contribution in [3.63, 3.8) is 0 Å². The van der Waals surface area contributed by atoms with Gasteiger partial charge in [0.05, 0.1) is 12.2 Å². The third-order valence-corrected chi connectivity index (χ3v) is 1.92. The second-order valence-corrected chi connectivity index (χ2v) is 3.30. The summed E-state index contributed by atoms with van der Waals surface area (Å²) in [6.45, 7) is 3.89. The minimum Gasteiger partial charge on any atom is -0.396 e. The molecule has 0 bridgehead atoms. The molecule has 2 unspecified atom stereocenters. The van der Waals surface area contributed by atoms with E-state index in [1.165, 1.54) is 0 Å². The smallest absolute Gasteiger partial charge is 0.0883 e. The van der Waals surface area contributed by atoms with Crippen molar-refractivity contribution in [2.45, 2.75) is 25.9 Å². The predicted molar refractivity (Wildman–Crippen MR) is 43.4 cm³/mol. The van der Waals surface area contributed by atoms with Crippen LogP contribution in [0.4, 0.5) is 0 Å². The van der Waals surface area contributed by atoms with Gasteiger partial charge in [-0.1, -0.05) is 6.92 Å². The first-order valence-corrected chi connectivity index (χ1v) is 3.85. The van der Waals surface area contributed by atoms with Gasteiger partial charge in [0.2, 0.25) is 0 Å². The molecule has 0 saturated carbocycles. The van der Waals surface area contributed by atoms with E-state index in [9.17, 15) is 0 Å². The lowest BCUT2D eigenvalue weighted by atomic mass is 9.94. The Bertz CT molecular complexity index is 99.5. The van der Waals surface area contributed by atoms with Gasteiger partial charge in [0, 0.05) is 13.7 Å². The molecule has 0 fully saturated rings. The number of hydrogen-bond donors (Lipinski definition) is 2. The summed E-state index contributed by atoms with van der Waals surface area (Å²) in [5, 5.41) is 17.7. The first-order valence-electron chi connectivity index (χ1n) is 3.85. The lowest BCUT2D eigenvalue weighted by Gasteiger charge is -2.27. The van der Waals surface area contributed by atoms with E-state index in [-0.39, 0.29) is 19.1 Å². The number of aliphatic hydroxyl groups is 2. The quantitative estimate of drug-likeness (QED) is 0.615. The van der Waals surface area contributed by atoms with Crippen molar-refractivity contribution in [3.8, 4) is 0 Å². The molecule has 0 radical (unpaired) electrons. The van der Waals surface area contributed by atoms with Gasteiger partial charge in [0.1, 0.15) is 0 Å². The summed E-state index contributed by atoms with van der Waals surface area (Å²) in [5.41, 5.74) is -0.498. The molecule has 3 heteroatoms. The van der Waals surface area contributed by atoms with Crippen LogP contribution in [-0.4, -0.2) is 36.1 Å². The third kappa shape index (κ3) is 3.70. The van der Waals surface area contributed by atoms with Crippen LogP contribution in [0.3, 0.4) is 0 Å². The number of ether oxygens (including phenoxy) is 1. The molecule has 0 rings (SSSR count). The number of rotatable bonds is 5. The van der Waals surface area contributed by atoms with Gasteiger partial charge in [0.15, 0.2) is 0 Å². The Labute approximate surface area is 68.0 Å². The molecular formula is C8H18O3. The predicted octanol–water partition coefficient (Wildman–Crippen LogP) is 0.402. The van der Waals surface area contributed by atoms with Crippen LogP contribution in [-0.2, 0) is 4.74 Å². The molecule has 0 aliphatic heterocycles. The second kappa shape index (κ2) is 4.70. The van der Waals surface area contributed by atoms with E-state index in [4.69, 9.17) is 14.9 Å². The summed E-state index contributed by atoms with van der Waals surface area (Å²) >= 11 is 0. The molecule has 0 aromatic heterocycles. The van der Waals surface area contributed by atoms with E-state index in [0.717, 1.165) is 0 Å². The molecule has 68 valence electrons. The normalized spacial score (nSPS) is 19.4. The Kier molecular flexibility index (Phi) is 4.65. The van der Waals surface area contributed by atoms with Crippen LogP contribution in [0.2, 0.25) is 0 Å². The Morgan fingerprint density at radius 2 is 2.00 bits per heavy atom. The summed E-state index contributed by atoms with van der Waals surface area (Å²) in [4.78, 5) is 0. The van der Waals surface area contributed by atoms with Crippen molar-refractivity contribution >= 4 is 0 Å². The van der Waals surface area contributed by atoms with Crippen LogP contribution >= 0.6 is 0 Å². The maximum atomic E-state index is 8.92. The van der Waals surface area contributed by atoms with E-state index in [0.29, 0.717) is 6.42 Å². The van der Waals surface area contributed by atoms with Crippen LogP contribution in [0.25, 0.3) is 0 Å². The zero-order valence-corrected chi connectivity index (χ0v) is 7.50. The second-order valence-electron chi connectivity index (χ2n) is 3.30. The van der Waals surface area contributed by atoms with E-state index in [2.05, 4.69) is 0 Å². The van der Waals surface area contributed by atoms with Crippen molar-refractivity contribution < 1.29 is 14.9 Å². The summed E-state index contributed by atoms with van der Waals surface area (Å²) in [5.74, 6) is 0.173.